The molecule has 1 heterocycles. The zero-order valence-corrected chi connectivity index (χ0v) is 21.3. The second kappa shape index (κ2) is 16.7. The van der Waals surface area contributed by atoms with Crippen molar-refractivity contribution in [2.75, 3.05) is 78.5 Å². The Morgan fingerprint density at radius 3 is 0.650 bits per heavy atom. The van der Waals surface area contributed by atoms with Crippen LogP contribution in [0.5, 0.6) is 0 Å². The zero-order chi connectivity index (χ0) is 30.2. The van der Waals surface area contributed by atoms with Crippen LogP contribution in [0.2, 0.25) is 0 Å². The number of carboxylic acid groups (broad SMARTS) is 4. The van der Waals surface area contributed by atoms with Crippen LogP contribution in [0.4, 0.5) is 19.2 Å². The van der Waals surface area contributed by atoms with Gasteiger partial charge >= 0.3 is 48.0 Å². The molecular weight excluding hydrogens is 544 g/mol. The molecule has 0 radical (unpaired) electrons. The number of carboxylic acids is 4. The lowest BCUT2D eigenvalue weighted by atomic mass is 10.3. The van der Waals surface area contributed by atoms with Crippen molar-refractivity contribution in [1.29, 1.82) is 0 Å². The summed E-state index contributed by atoms with van der Waals surface area (Å²) in [5.74, 6) is -5.30. The lowest BCUT2D eigenvalue weighted by Crippen LogP contribution is -2.55. The molecule has 0 aromatic heterocycles. The van der Waals surface area contributed by atoms with Crippen LogP contribution in [0.3, 0.4) is 0 Å². The zero-order valence-electron chi connectivity index (χ0n) is 21.3. The molecule has 40 heavy (non-hydrogen) atoms. The number of rotatable bonds is 8. The van der Waals surface area contributed by atoms with Gasteiger partial charge in [0.2, 0.25) is 0 Å². The van der Waals surface area contributed by atoms with Gasteiger partial charge in [-0.15, -0.1) is 0 Å². The molecule has 0 aromatic rings. The summed E-state index contributed by atoms with van der Waals surface area (Å²) < 4.78 is 0. The molecule has 0 bridgehead atoms. The first-order valence-electron chi connectivity index (χ1n) is 11.8. The van der Waals surface area contributed by atoms with Crippen molar-refractivity contribution in [2.24, 2.45) is 0 Å². The smallest absolute Gasteiger partial charge is 0.323 e. The van der Waals surface area contributed by atoms with Gasteiger partial charge in [0.25, 0.3) is 0 Å². The van der Waals surface area contributed by atoms with Gasteiger partial charge in [-0.2, -0.15) is 0 Å². The maximum Gasteiger partial charge on any atom is 0.323 e. The topological polar surface area (TPSA) is 279 Å². The SMILES string of the molecule is O=C(O)CNC(=O)N1CCN(C(=O)NCC(=O)O)CCN(C(=O)NCC(=O)O)CCN(C(=O)NCC(=O)O)CC1. The van der Waals surface area contributed by atoms with E-state index >= 15 is 0 Å². The molecular formula is C20H32N8O12. The molecule has 8 N–H and O–H groups in total. The van der Waals surface area contributed by atoms with E-state index in [9.17, 15) is 38.4 Å². The fourth-order valence-corrected chi connectivity index (χ4v) is 3.28. The Bertz CT molecular complexity index is 809. The van der Waals surface area contributed by atoms with E-state index in [1.54, 1.807) is 0 Å². The largest absolute Gasteiger partial charge is 0.480 e. The molecule has 8 amide bonds. The van der Waals surface area contributed by atoms with Gasteiger partial charge in [0.05, 0.1) is 0 Å². The monoisotopic (exact) mass is 576 g/mol. The van der Waals surface area contributed by atoms with Crippen LogP contribution in [0.25, 0.3) is 0 Å². The van der Waals surface area contributed by atoms with Crippen LogP contribution < -0.4 is 21.3 Å². The Hall–Kier alpha value is -5.04. The highest BCUT2D eigenvalue weighted by atomic mass is 16.4. The predicted molar refractivity (Wildman–Crippen MR) is 130 cm³/mol. The van der Waals surface area contributed by atoms with E-state index in [0.29, 0.717) is 0 Å². The molecule has 1 aliphatic heterocycles. The third kappa shape index (κ3) is 13.0. The summed E-state index contributed by atoms with van der Waals surface area (Å²) in [7, 11) is 0. The number of carbonyl (C=O) groups excluding carboxylic acids is 4. The first-order valence-corrected chi connectivity index (χ1v) is 11.8. The average Bonchev–Trinajstić information content (AvgIpc) is 2.87. The molecule has 0 spiro atoms. The molecule has 0 unspecified atom stereocenters. The van der Waals surface area contributed by atoms with Crippen LogP contribution >= 0.6 is 0 Å². The van der Waals surface area contributed by atoms with Crippen molar-refractivity contribution in [2.45, 2.75) is 0 Å². The number of carbonyl (C=O) groups is 8. The summed E-state index contributed by atoms with van der Waals surface area (Å²) in [6.45, 7) is -4.54. The van der Waals surface area contributed by atoms with Crippen LogP contribution in [0.1, 0.15) is 0 Å². The second-order valence-electron chi connectivity index (χ2n) is 8.16. The van der Waals surface area contributed by atoms with Gasteiger partial charge in [-0.05, 0) is 0 Å². The highest BCUT2D eigenvalue weighted by molar-refractivity contribution is 5.82. The Morgan fingerprint density at radius 1 is 0.375 bits per heavy atom. The standard InChI is InChI=1S/C20H32N8O12/c29-13(30)9-21-17(37)25-1-2-26(18(38)22-10-14(31)32)5-6-28(20(40)24-12-16(35)36)8-7-27(4-3-25)19(39)23-11-15(33)34/h1-12H2,(H,21,37)(H,22,38)(H,23,39)(H,24,40)(H,29,30)(H,31,32)(H,33,34)(H,35,36). The molecule has 20 nitrogen and oxygen atoms in total. The normalized spacial score (nSPS) is 14.6. The summed E-state index contributed by atoms with van der Waals surface area (Å²) in [5.41, 5.74) is 0. The maximum atomic E-state index is 12.6. The van der Waals surface area contributed by atoms with E-state index in [1.165, 1.54) is 0 Å². The third-order valence-electron chi connectivity index (χ3n) is 5.27. The highest BCUT2D eigenvalue weighted by Gasteiger charge is 2.25. The summed E-state index contributed by atoms with van der Waals surface area (Å²) in [6, 6.07) is -3.37. The molecule has 0 aromatic carbocycles. The number of hydrogen-bond acceptors (Lipinski definition) is 8. The number of nitrogens with one attached hydrogen (secondary N) is 4. The van der Waals surface area contributed by atoms with Gasteiger partial charge in [-0.1, -0.05) is 0 Å². The first-order chi connectivity index (χ1) is 18.8. The number of nitrogens with zero attached hydrogens (tertiary/aromatic N) is 4. The van der Waals surface area contributed by atoms with E-state index in [1.807, 2.05) is 0 Å². The van der Waals surface area contributed by atoms with Crippen LogP contribution in [-0.4, -0.2) is 167 Å². The number of hydrogen-bond donors (Lipinski definition) is 8. The van der Waals surface area contributed by atoms with E-state index in [2.05, 4.69) is 21.3 Å². The van der Waals surface area contributed by atoms with E-state index < -0.39 is 74.2 Å². The minimum atomic E-state index is -1.33. The fraction of sp³-hybridized carbons (Fsp3) is 0.600. The molecule has 0 aliphatic carbocycles. The lowest BCUT2D eigenvalue weighted by Gasteiger charge is -2.34. The van der Waals surface area contributed by atoms with Gasteiger partial charge in [-0.3, -0.25) is 19.2 Å². The fourth-order valence-electron chi connectivity index (χ4n) is 3.28. The Balaban J connectivity index is 3.23. The van der Waals surface area contributed by atoms with Crippen molar-refractivity contribution in [1.82, 2.24) is 40.9 Å². The van der Waals surface area contributed by atoms with E-state index in [4.69, 9.17) is 20.4 Å². The lowest BCUT2D eigenvalue weighted by molar-refractivity contribution is -0.136. The molecule has 1 rings (SSSR count). The molecule has 20 heteroatoms. The van der Waals surface area contributed by atoms with Crippen molar-refractivity contribution in [3.8, 4) is 0 Å². The molecule has 0 saturated carbocycles. The molecule has 1 aliphatic rings. The van der Waals surface area contributed by atoms with Crippen LogP contribution in [0.15, 0.2) is 0 Å². The number of aliphatic carboxylic acids is 4. The first kappa shape index (κ1) is 33.0. The molecule has 224 valence electrons. The van der Waals surface area contributed by atoms with E-state index in [0.717, 1.165) is 19.6 Å². The summed E-state index contributed by atoms with van der Waals surface area (Å²) >= 11 is 0. The molecule has 1 fully saturated rings. The summed E-state index contributed by atoms with van der Waals surface area (Å²) in [4.78, 5) is 98.4. The van der Waals surface area contributed by atoms with Gasteiger partial charge in [-0.25, -0.2) is 19.2 Å². The van der Waals surface area contributed by atoms with Gasteiger partial charge in [0, 0.05) is 52.4 Å². The average molecular weight is 577 g/mol. The van der Waals surface area contributed by atoms with Crippen LogP contribution in [-0.2, 0) is 19.2 Å². The van der Waals surface area contributed by atoms with Crippen molar-refractivity contribution in [3.63, 3.8) is 0 Å². The predicted octanol–water partition coefficient (Wildman–Crippen LogP) is -3.62. The third-order valence-corrected chi connectivity index (χ3v) is 5.27. The molecule has 0 atom stereocenters. The van der Waals surface area contributed by atoms with E-state index in [-0.39, 0.29) is 52.4 Å². The minimum absolute atomic E-state index is 0.207. The van der Waals surface area contributed by atoms with Crippen molar-refractivity contribution >= 4 is 48.0 Å². The number of amides is 8. The summed E-state index contributed by atoms with van der Waals surface area (Å²) in [6.07, 6.45) is 0. The van der Waals surface area contributed by atoms with Gasteiger partial charge in [0.15, 0.2) is 0 Å². The van der Waals surface area contributed by atoms with Crippen molar-refractivity contribution in [3.05, 3.63) is 0 Å². The maximum absolute atomic E-state index is 12.6. The molecule has 1 saturated heterocycles. The quantitative estimate of drug-likeness (QED) is 0.139. The van der Waals surface area contributed by atoms with Gasteiger partial charge < -0.3 is 61.3 Å². The van der Waals surface area contributed by atoms with Crippen molar-refractivity contribution < 1.29 is 58.8 Å². The van der Waals surface area contributed by atoms with Gasteiger partial charge in [0.1, 0.15) is 26.2 Å². The number of urea groups is 4. The Morgan fingerprint density at radius 2 is 0.525 bits per heavy atom. The Kier molecular flexibility index (Phi) is 13.8. The minimum Gasteiger partial charge on any atom is -0.480 e. The highest BCUT2D eigenvalue weighted by Crippen LogP contribution is 2.03. The Labute approximate surface area is 226 Å². The second-order valence-corrected chi connectivity index (χ2v) is 8.16. The van der Waals surface area contributed by atoms with Crippen LogP contribution in [0, 0.1) is 0 Å². The summed E-state index contributed by atoms with van der Waals surface area (Å²) in [5, 5.41) is 44.1.